The molecule has 0 aliphatic rings. The lowest BCUT2D eigenvalue weighted by Gasteiger charge is -2.15. The average molecular weight is 375 g/mol. The van der Waals surface area contributed by atoms with Gasteiger partial charge >= 0.3 is 6.18 Å². The molecular weight excluding hydrogens is 359 g/mol. The summed E-state index contributed by atoms with van der Waals surface area (Å²) in [5.41, 5.74) is -0.196. The SMILES string of the molecule is COc1ccc(C(=O)Nc2cc(C)nn2-c2ccccc2C(F)(F)F)cc1. The van der Waals surface area contributed by atoms with Crippen molar-refractivity contribution in [1.82, 2.24) is 9.78 Å². The number of benzene rings is 2. The molecule has 1 heterocycles. The van der Waals surface area contributed by atoms with E-state index < -0.39 is 17.6 Å². The molecule has 27 heavy (non-hydrogen) atoms. The van der Waals surface area contributed by atoms with Crippen molar-refractivity contribution >= 4 is 11.7 Å². The third-order valence-electron chi connectivity index (χ3n) is 3.86. The number of hydrogen-bond donors (Lipinski definition) is 1. The van der Waals surface area contributed by atoms with E-state index in [1.807, 2.05) is 0 Å². The summed E-state index contributed by atoms with van der Waals surface area (Å²) in [4.78, 5) is 12.5. The van der Waals surface area contributed by atoms with Crippen molar-refractivity contribution in [2.24, 2.45) is 0 Å². The molecule has 0 aliphatic heterocycles. The lowest BCUT2D eigenvalue weighted by Crippen LogP contribution is -2.17. The lowest BCUT2D eigenvalue weighted by atomic mass is 10.1. The van der Waals surface area contributed by atoms with E-state index in [0.717, 1.165) is 10.7 Å². The first-order chi connectivity index (χ1) is 12.8. The summed E-state index contributed by atoms with van der Waals surface area (Å²) in [7, 11) is 1.51. The molecule has 2 aromatic carbocycles. The molecule has 140 valence electrons. The van der Waals surface area contributed by atoms with Gasteiger partial charge in [-0.15, -0.1) is 0 Å². The van der Waals surface area contributed by atoms with Crippen molar-refractivity contribution < 1.29 is 22.7 Å². The van der Waals surface area contributed by atoms with Gasteiger partial charge in [0.1, 0.15) is 11.6 Å². The zero-order valence-corrected chi connectivity index (χ0v) is 14.5. The van der Waals surface area contributed by atoms with Crippen LogP contribution in [0.4, 0.5) is 19.0 Å². The number of amides is 1. The van der Waals surface area contributed by atoms with Gasteiger partial charge in [-0.25, -0.2) is 4.68 Å². The smallest absolute Gasteiger partial charge is 0.418 e. The first-order valence-corrected chi connectivity index (χ1v) is 7.98. The van der Waals surface area contributed by atoms with E-state index in [9.17, 15) is 18.0 Å². The van der Waals surface area contributed by atoms with E-state index >= 15 is 0 Å². The number of hydrogen-bond acceptors (Lipinski definition) is 3. The van der Waals surface area contributed by atoms with Crippen LogP contribution in [-0.4, -0.2) is 22.8 Å². The van der Waals surface area contributed by atoms with Gasteiger partial charge in [0, 0.05) is 11.6 Å². The number of para-hydroxylation sites is 1. The molecular formula is C19H16F3N3O2. The molecule has 0 atom stereocenters. The van der Waals surface area contributed by atoms with Gasteiger partial charge in [0.05, 0.1) is 24.1 Å². The van der Waals surface area contributed by atoms with E-state index in [4.69, 9.17) is 4.74 Å². The Morgan fingerprint density at radius 2 is 1.78 bits per heavy atom. The summed E-state index contributed by atoms with van der Waals surface area (Å²) < 4.78 is 46.1. The number of alkyl halides is 3. The third kappa shape index (κ3) is 3.94. The summed E-state index contributed by atoms with van der Waals surface area (Å²) in [6.07, 6.45) is -4.55. The van der Waals surface area contributed by atoms with Crippen molar-refractivity contribution in [3.63, 3.8) is 0 Å². The molecule has 5 nitrogen and oxygen atoms in total. The molecule has 1 aromatic heterocycles. The number of aromatic nitrogens is 2. The van der Waals surface area contributed by atoms with Gasteiger partial charge in [0.25, 0.3) is 5.91 Å². The lowest BCUT2D eigenvalue weighted by molar-refractivity contribution is -0.137. The molecule has 0 radical (unpaired) electrons. The molecule has 3 aromatic rings. The van der Waals surface area contributed by atoms with E-state index in [-0.39, 0.29) is 11.5 Å². The number of nitrogens with one attached hydrogen (secondary N) is 1. The number of rotatable bonds is 4. The number of nitrogens with zero attached hydrogens (tertiary/aromatic N) is 2. The minimum Gasteiger partial charge on any atom is -0.497 e. The Morgan fingerprint density at radius 1 is 1.11 bits per heavy atom. The summed E-state index contributed by atoms with van der Waals surface area (Å²) >= 11 is 0. The molecule has 0 saturated heterocycles. The molecule has 0 aliphatic carbocycles. The van der Waals surface area contributed by atoms with Gasteiger partial charge in [0.2, 0.25) is 0 Å². The largest absolute Gasteiger partial charge is 0.497 e. The van der Waals surface area contributed by atoms with Gasteiger partial charge in [-0.2, -0.15) is 18.3 Å². The first kappa shape index (κ1) is 18.5. The maximum absolute atomic E-state index is 13.3. The van der Waals surface area contributed by atoms with Crippen LogP contribution in [0.25, 0.3) is 5.69 Å². The molecule has 3 rings (SSSR count). The zero-order chi connectivity index (χ0) is 19.6. The minimum absolute atomic E-state index is 0.144. The predicted octanol–water partition coefficient (Wildman–Crippen LogP) is 4.46. The topological polar surface area (TPSA) is 56.1 Å². The fourth-order valence-electron chi connectivity index (χ4n) is 2.60. The van der Waals surface area contributed by atoms with Crippen LogP contribution in [0.1, 0.15) is 21.6 Å². The maximum atomic E-state index is 13.3. The molecule has 1 amide bonds. The van der Waals surface area contributed by atoms with Crippen molar-refractivity contribution in [2.45, 2.75) is 13.1 Å². The Bertz CT molecular complexity index is 963. The second-order valence-electron chi connectivity index (χ2n) is 5.78. The second kappa shape index (κ2) is 7.14. The van der Waals surface area contributed by atoms with Crippen molar-refractivity contribution in [1.29, 1.82) is 0 Å². The highest BCUT2D eigenvalue weighted by atomic mass is 19.4. The quantitative estimate of drug-likeness (QED) is 0.733. The van der Waals surface area contributed by atoms with Crippen molar-refractivity contribution in [3.8, 4) is 11.4 Å². The van der Waals surface area contributed by atoms with Crippen molar-refractivity contribution in [3.05, 3.63) is 71.4 Å². The Labute approximate surface area is 153 Å². The van der Waals surface area contributed by atoms with Crippen LogP contribution >= 0.6 is 0 Å². The molecule has 1 N–H and O–H groups in total. The number of halogens is 3. The van der Waals surface area contributed by atoms with Crippen LogP contribution in [0.15, 0.2) is 54.6 Å². The highest BCUT2D eigenvalue weighted by molar-refractivity contribution is 6.04. The summed E-state index contributed by atoms with van der Waals surface area (Å²) in [6.45, 7) is 1.63. The number of anilines is 1. The summed E-state index contributed by atoms with van der Waals surface area (Å²) in [6, 6.07) is 12.9. The summed E-state index contributed by atoms with van der Waals surface area (Å²) in [5, 5.41) is 6.73. The fourth-order valence-corrected chi connectivity index (χ4v) is 2.60. The van der Waals surface area contributed by atoms with Gasteiger partial charge < -0.3 is 10.1 Å². The average Bonchev–Trinajstić information content (AvgIpc) is 3.01. The fraction of sp³-hybridized carbons (Fsp3) is 0.158. The molecule has 0 fully saturated rings. The number of ether oxygens (including phenoxy) is 1. The van der Waals surface area contributed by atoms with E-state index in [2.05, 4.69) is 10.4 Å². The second-order valence-corrected chi connectivity index (χ2v) is 5.78. The maximum Gasteiger partial charge on any atom is 0.418 e. The molecule has 0 bridgehead atoms. The molecule has 0 saturated carbocycles. The number of carbonyl (C=O) groups is 1. The molecule has 0 spiro atoms. The Morgan fingerprint density at radius 3 is 2.41 bits per heavy atom. The number of methoxy groups -OCH3 is 1. The zero-order valence-electron chi connectivity index (χ0n) is 14.5. The van der Waals surface area contributed by atoms with Gasteiger partial charge in [0.15, 0.2) is 0 Å². The van der Waals surface area contributed by atoms with E-state index in [1.165, 1.54) is 31.4 Å². The van der Waals surface area contributed by atoms with Gasteiger partial charge in [-0.1, -0.05) is 12.1 Å². The third-order valence-corrected chi connectivity index (χ3v) is 3.86. The normalized spacial score (nSPS) is 11.3. The Kier molecular flexibility index (Phi) is 4.89. The molecule has 8 heteroatoms. The molecule has 0 unspecified atom stereocenters. The van der Waals surface area contributed by atoms with Gasteiger partial charge in [-0.05, 0) is 43.3 Å². The highest BCUT2D eigenvalue weighted by Gasteiger charge is 2.34. The van der Waals surface area contributed by atoms with Gasteiger partial charge in [-0.3, -0.25) is 4.79 Å². The van der Waals surface area contributed by atoms with Crippen LogP contribution in [0.3, 0.4) is 0 Å². The van der Waals surface area contributed by atoms with Crippen LogP contribution in [0.2, 0.25) is 0 Å². The highest BCUT2D eigenvalue weighted by Crippen LogP contribution is 2.34. The van der Waals surface area contributed by atoms with Crippen LogP contribution in [-0.2, 0) is 6.18 Å². The van der Waals surface area contributed by atoms with Crippen LogP contribution in [0, 0.1) is 6.92 Å². The Balaban J connectivity index is 1.97. The Hall–Kier alpha value is -3.29. The summed E-state index contributed by atoms with van der Waals surface area (Å²) in [5.74, 6) is 0.264. The predicted molar refractivity (Wildman–Crippen MR) is 94.3 cm³/mol. The minimum atomic E-state index is -4.55. The first-order valence-electron chi connectivity index (χ1n) is 7.98. The van der Waals surface area contributed by atoms with E-state index in [0.29, 0.717) is 17.0 Å². The number of carbonyl (C=O) groups excluding carboxylic acids is 1. The number of aryl methyl sites for hydroxylation is 1. The standard InChI is InChI=1S/C19H16F3N3O2/c1-12-11-17(23-18(26)13-7-9-14(27-2)10-8-13)25(24-12)16-6-4-3-5-15(16)19(20,21)22/h3-11H,1-2H3,(H,23,26). The monoisotopic (exact) mass is 375 g/mol. The van der Waals surface area contributed by atoms with Crippen LogP contribution in [0.5, 0.6) is 5.75 Å². The van der Waals surface area contributed by atoms with Crippen molar-refractivity contribution in [2.75, 3.05) is 12.4 Å². The van der Waals surface area contributed by atoms with Crippen LogP contribution < -0.4 is 10.1 Å². The van der Waals surface area contributed by atoms with E-state index in [1.54, 1.807) is 31.2 Å².